The maximum atomic E-state index is 10.3. The Bertz CT molecular complexity index is 343. The van der Waals surface area contributed by atoms with Crippen LogP contribution in [0.2, 0.25) is 5.02 Å². The summed E-state index contributed by atoms with van der Waals surface area (Å²) in [6, 6.07) is 2.05. The molecule has 0 amide bonds. The molecule has 0 fully saturated rings. The van der Waals surface area contributed by atoms with Crippen molar-refractivity contribution < 1.29 is 10.0 Å². The van der Waals surface area contributed by atoms with E-state index in [1.165, 1.54) is 0 Å². The number of nitro benzene ring substituents is 1. The first-order valence-corrected chi connectivity index (χ1v) is 3.32. The summed E-state index contributed by atoms with van der Waals surface area (Å²) in [4.78, 5) is 9.56. The molecule has 13 heavy (non-hydrogen) atoms. The fourth-order valence-corrected chi connectivity index (χ4v) is 0.947. The van der Waals surface area contributed by atoms with Crippen LogP contribution in [0.4, 0.5) is 11.4 Å². The third kappa shape index (κ3) is 2.37. The van der Waals surface area contributed by atoms with Gasteiger partial charge in [-0.25, -0.2) is 0 Å². The second kappa shape index (κ2) is 4.15. The zero-order valence-corrected chi connectivity index (χ0v) is 7.80. The topological polar surface area (TPSA) is 89.4 Å². The van der Waals surface area contributed by atoms with Crippen LogP contribution < -0.4 is 5.73 Å². The van der Waals surface area contributed by atoms with Gasteiger partial charge in [-0.3, -0.25) is 10.1 Å². The third-order valence-corrected chi connectivity index (χ3v) is 1.60. The van der Waals surface area contributed by atoms with Crippen LogP contribution in [0.25, 0.3) is 0 Å². The second-order valence-electron chi connectivity index (χ2n) is 2.12. The number of nitrogens with two attached hydrogens (primary N) is 1. The lowest BCUT2D eigenvalue weighted by molar-refractivity contribution is -0.384. The summed E-state index contributed by atoms with van der Waals surface area (Å²) >= 11 is 5.46. The molecule has 0 atom stereocenters. The minimum atomic E-state index is -0.693. The number of nitro groups is 1. The zero-order valence-electron chi connectivity index (χ0n) is 6.23. The van der Waals surface area contributed by atoms with Crippen LogP contribution in [0.3, 0.4) is 0 Å². The molecule has 0 saturated carbocycles. The molecule has 0 radical (unpaired) electrons. The molecule has 0 aromatic heterocycles. The molecule has 1 aromatic rings. The smallest absolute Gasteiger partial charge is 0.291 e. The fourth-order valence-electron chi connectivity index (χ4n) is 0.706. The van der Waals surface area contributed by atoms with Crippen LogP contribution in [0.1, 0.15) is 0 Å². The van der Waals surface area contributed by atoms with E-state index >= 15 is 0 Å². The van der Waals surface area contributed by atoms with Crippen LogP contribution >= 0.6 is 24.0 Å². The molecule has 0 aliphatic rings. The highest BCUT2D eigenvalue weighted by Crippen LogP contribution is 2.32. The van der Waals surface area contributed by atoms with Crippen molar-refractivity contribution in [1.29, 1.82) is 0 Å². The molecular formula is C6H6Cl2N2O3. The molecule has 0 aliphatic heterocycles. The highest BCUT2D eigenvalue weighted by Gasteiger charge is 2.14. The minimum absolute atomic E-state index is 0. The van der Waals surface area contributed by atoms with E-state index in [9.17, 15) is 10.1 Å². The van der Waals surface area contributed by atoms with Gasteiger partial charge in [-0.05, 0) is 6.07 Å². The Labute approximate surface area is 84.7 Å². The van der Waals surface area contributed by atoms with Crippen molar-refractivity contribution in [2.45, 2.75) is 0 Å². The first kappa shape index (κ1) is 11.8. The van der Waals surface area contributed by atoms with Crippen molar-refractivity contribution in [2.75, 3.05) is 5.73 Å². The van der Waals surface area contributed by atoms with Crippen LogP contribution in [-0.4, -0.2) is 10.0 Å². The number of rotatable bonds is 1. The highest BCUT2D eigenvalue weighted by molar-refractivity contribution is 6.33. The number of halogens is 2. The Morgan fingerprint density at radius 3 is 2.54 bits per heavy atom. The molecule has 72 valence electrons. The predicted octanol–water partition coefficient (Wildman–Crippen LogP) is 1.96. The van der Waals surface area contributed by atoms with Crippen molar-refractivity contribution in [1.82, 2.24) is 0 Å². The molecule has 0 unspecified atom stereocenters. The molecule has 1 rings (SSSR count). The molecule has 7 heteroatoms. The largest absolute Gasteiger partial charge is 0.506 e. The average Bonchev–Trinajstić information content (AvgIpc) is 1.96. The van der Waals surface area contributed by atoms with E-state index in [0.717, 1.165) is 12.1 Å². The molecule has 0 aliphatic carbocycles. The van der Waals surface area contributed by atoms with Gasteiger partial charge in [-0.15, -0.1) is 12.4 Å². The van der Waals surface area contributed by atoms with Crippen molar-refractivity contribution in [3.63, 3.8) is 0 Å². The first-order chi connectivity index (χ1) is 5.52. The summed E-state index contributed by atoms with van der Waals surface area (Å²) in [5.41, 5.74) is 4.89. The average molecular weight is 225 g/mol. The van der Waals surface area contributed by atoms with E-state index in [0.29, 0.717) is 0 Å². The molecule has 0 spiro atoms. The van der Waals surface area contributed by atoms with Gasteiger partial charge in [0.1, 0.15) is 10.8 Å². The van der Waals surface area contributed by atoms with Gasteiger partial charge in [0.25, 0.3) is 5.69 Å². The fraction of sp³-hybridized carbons (Fsp3) is 0. The van der Waals surface area contributed by atoms with Gasteiger partial charge in [-0.2, -0.15) is 0 Å². The maximum Gasteiger partial charge on any atom is 0.291 e. The van der Waals surface area contributed by atoms with E-state index in [1.807, 2.05) is 0 Å². The summed E-state index contributed by atoms with van der Waals surface area (Å²) in [5, 5.41) is 19.2. The summed E-state index contributed by atoms with van der Waals surface area (Å²) in [6.07, 6.45) is 0. The van der Waals surface area contributed by atoms with Crippen LogP contribution in [0.5, 0.6) is 5.75 Å². The number of nitrogens with zero attached hydrogens (tertiary/aromatic N) is 1. The quantitative estimate of drug-likeness (QED) is 0.331. The maximum absolute atomic E-state index is 10.3. The van der Waals surface area contributed by atoms with Gasteiger partial charge >= 0.3 is 0 Å². The number of benzene rings is 1. The lowest BCUT2D eigenvalue weighted by Crippen LogP contribution is -1.92. The number of aromatic hydroxyl groups is 1. The monoisotopic (exact) mass is 224 g/mol. The number of phenols is 1. The molecule has 5 nitrogen and oxygen atoms in total. The number of nitrogen functional groups attached to an aromatic ring is 1. The van der Waals surface area contributed by atoms with E-state index < -0.39 is 4.92 Å². The first-order valence-electron chi connectivity index (χ1n) is 2.94. The minimum Gasteiger partial charge on any atom is -0.506 e. The predicted molar refractivity (Wildman–Crippen MR) is 51.4 cm³/mol. The Morgan fingerprint density at radius 1 is 1.54 bits per heavy atom. The summed E-state index contributed by atoms with van der Waals surface area (Å²) < 4.78 is 0. The molecule has 0 heterocycles. The lowest BCUT2D eigenvalue weighted by atomic mass is 10.2. The van der Waals surface area contributed by atoms with Crippen LogP contribution in [0.15, 0.2) is 12.1 Å². The Balaban J connectivity index is 0.00000144. The molecule has 0 bridgehead atoms. The number of hydrogen-bond acceptors (Lipinski definition) is 4. The van der Waals surface area contributed by atoms with Crippen molar-refractivity contribution in [3.05, 3.63) is 27.3 Å². The van der Waals surface area contributed by atoms with E-state index in [-0.39, 0.29) is 34.6 Å². The Hall–Kier alpha value is -1.20. The van der Waals surface area contributed by atoms with Gasteiger partial charge in [0.15, 0.2) is 0 Å². The highest BCUT2D eigenvalue weighted by atomic mass is 35.5. The number of phenolic OH excluding ortho intramolecular Hbond substituents is 1. The third-order valence-electron chi connectivity index (χ3n) is 1.29. The summed E-state index contributed by atoms with van der Waals surface area (Å²) in [5.74, 6) is -0.342. The second-order valence-corrected chi connectivity index (χ2v) is 2.53. The van der Waals surface area contributed by atoms with Crippen LogP contribution in [-0.2, 0) is 0 Å². The molecular weight excluding hydrogens is 219 g/mol. The van der Waals surface area contributed by atoms with E-state index in [2.05, 4.69) is 0 Å². The lowest BCUT2D eigenvalue weighted by Gasteiger charge is -1.99. The number of anilines is 1. The van der Waals surface area contributed by atoms with Crippen molar-refractivity contribution >= 4 is 35.4 Å². The van der Waals surface area contributed by atoms with Crippen LogP contribution in [0, 0.1) is 10.1 Å². The number of hydrogen-bond donors (Lipinski definition) is 2. The van der Waals surface area contributed by atoms with Crippen molar-refractivity contribution in [2.24, 2.45) is 0 Å². The van der Waals surface area contributed by atoms with Gasteiger partial charge < -0.3 is 10.8 Å². The summed E-state index contributed by atoms with van der Waals surface area (Å²) in [7, 11) is 0. The van der Waals surface area contributed by atoms with Gasteiger partial charge in [-0.1, -0.05) is 11.6 Å². The SMILES string of the molecule is Cl.Nc1cc(Cl)c([N+](=O)[O-])cc1O. The van der Waals surface area contributed by atoms with Crippen molar-refractivity contribution in [3.8, 4) is 5.75 Å². The molecule has 1 aromatic carbocycles. The summed E-state index contributed by atoms with van der Waals surface area (Å²) in [6.45, 7) is 0. The normalized spacial score (nSPS) is 9.00. The Morgan fingerprint density at radius 2 is 2.08 bits per heavy atom. The van der Waals surface area contributed by atoms with Gasteiger partial charge in [0.05, 0.1) is 16.7 Å². The zero-order chi connectivity index (χ0) is 9.30. The van der Waals surface area contributed by atoms with E-state index in [4.69, 9.17) is 22.4 Å². The molecule has 3 N–H and O–H groups in total. The van der Waals surface area contributed by atoms with Gasteiger partial charge in [0, 0.05) is 0 Å². The standard InChI is InChI=1S/C6H5ClN2O3.ClH/c7-3-1-4(8)6(10)2-5(3)9(11)12;/h1-2,10H,8H2;1H. The van der Waals surface area contributed by atoms with E-state index in [1.54, 1.807) is 0 Å². The Kier molecular flexibility index (Phi) is 3.77. The molecule has 0 saturated heterocycles. The van der Waals surface area contributed by atoms with Gasteiger partial charge in [0.2, 0.25) is 0 Å².